The zero-order chi connectivity index (χ0) is 18.5. The van der Waals surface area contributed by atoms with Gasteiger partial charge in [0.2, 0.25) is 0 Å². The number of nitrogens with one attached hydrogen (secondary N) is 1. The summed E-state index contributed by atoms with van der Waals surface area (Å²) in [6, 6.07) is 5.11. The molecule has 0 spiro atoms. The molecule has 6 heteroatoms. The minimum Gasteiger partial charge on any atom is -0.366 e. The van der Waals surface area contributed by atoms with E-state index in [1.54, 1.807) is 12.1 Å². The average molecular weight is 359 g/mol. The van der Waals surface area contributed by atoms with Gasteiger partial charge in [0.25, 0.3) is 11.6 Å². The third-order valence-electron chi connectivity index (χ3n) is 5.62. The Hall–Kier alpha value is -2.11. The van der Waals surface area contributed by atoms with E-state index in [2.05, 4.69) is 17.1 Å². The Kier molecular flexibility index (Phi) is 6.12. The van der Waals surface area contributed by atoms with Crippen LogP contribution in [0, 0.1) is 16.0 Å². The van der Waals surface area contributed by atoms with Crippen molar-refractivity contribution in [3.63, 3.8) is 0 Å². The predicted octanol–water partition coefficient (Wildman–Crippen LogP) is 4.28. The first-order chi connectivity index (χ1) is 12.5. The summed E-state index contributed by atoms with van der Waals surface area (Å²) in [5, 5.41) is 14.7. The summed E-state index contributed by atoms with van der Waals surface area (Å²) in [4.78, 5) is 25.9. The molecule has 1 atom stereocenters. The molecule has 1 heterocycles. The van der Waals surface area contributed by atoms with Crippen LogP contribution < -0.4 is 10.2 Å². The number of benzene rings is 1. The minimum absolute atomic E-state index is 0.0348. The molecule has 1 aliphatic heterocycles. The summed E-state index contributed by atoms with van der Waals surface area (Å²) in [5.74, 6) is 0.333. The van der Waals surface area contributed by atoms with Gasteiger partial charge in [-0.3, -0.25) is 14.9 Å². The van der Waals surface area contributed by atoms with Gasteiger partial charge in [-0.1, -0.05) is 32.6 Å². The van der Waals surface area contributed by atoms with Gasteiger partial charge in [-0.2, -0.15) is 0 Å². The van der Waals surface area contributed by atoms with E-state index in [1.807, 2.05) is 0 Å². The highest BCUT2D eigenvalue weighted by Crippen LogP contribution is 2.32. The van der Waals surface area contributed by atoms with E-state index in [1.165, 1.54) is 18.9 Å². The fourth-order valence-electron chi connectivity index (χ4n) is 4.18. The van der Waals surface area contributed by atoms with Crippen molar-refractivity contribution in [1.29, 1.82) is 0 Å². The highest BCUT2D eigenvalue weighted by molar-refractivity contribution is 5.96. The van der Waals surface area contributed by atoms with Gasteiger partial charge >= 0.3 is 0 Å². The first-order valence-corrected chi connectivity index (χ1v) is 9.89. The smallest absolute Gasteiger partial charge is 0.293 e. The normalized spacial score (nSPS) is 21.9. The van der Waals surface area contributed by atoms with Crippen molar-refractivity contribution in [2.24, 2.45) is 5.92 Å². The summed E-state index contributed by atoms with van der Waals surface area (Å²) >= 11 is 0. The molecule has 0 bridgehead atoms. The molecule has 1 aliphatic carbocycles. The van der Waals surface area contributed by atoms with Crippen LogP contribution in [-0.2, 0) is 0 Å². The van der Waals surface area contributed by atoms with Crippen molar-refractivity contribution < 1.29 is 9.72 Å². The van der Waals surface area contributed by atoms with Crippen molar-refractivity contribution in [1.82, 2.24) is 5.32 Å². The van der Waals surface area contributed by atoms with Crippen LogP contribution >= 0.6 is 0 Å². The molecule has 1 saturated heterocycles. The zero-order valence-electron chi connectivity index (χ0n) is 15.6. The van der Waals surface area contributed by atoms with Crippen LogP contribution in [0.5, 0.6) is 0 Å². The second-order valence-electron chi connectivity index (χ2n) is 7.82. The topological polar surface area (TPSA) is 75.5 Å². The van der Waals surface area contributed by atoms with Gasteiger partial charge in [-0.05, 0) is 43.7 Å². The Balaban J connectivity index is 1.77. The van der Waals surface area contributed by atoms with Gasteiger partial charge in [-0.15, -0.1) is 0 Å². The Morgan fingerprint density at radius 3 is 2.54 bits per heavy atom. The highest BCUT2D eigenvalue weighted by atomic mass is 16.6. The number of carbonyl (C=O) groups excluding carboxylic acids is 1. The van der Waals surface area contributed by atoms with Gasteiger partial charge in [0.1, 0.15) is 5.69 Å². The first kappa shape index (κ1) is 18.7. The van der Waals surface area contributed by atoms with Gasteiger partial charge in [0, 0.05) is 30.8 Å². The number of nitro groups is 1. The molecule has 1 aromatic carbocycles. The number of anilines is 1. The fourth-order valence-corrected chi connectivity index (χ4v) is 4.18. The van der Waals surface area contributed by atoms with Crippen molar-refractivity contribution >= 4 is 17.3 Å². The van der Waals surface area contributed by atoms with E-state index in [0.717, 1.165) is 51.6 Å². The third kappa shape index (κ3) is 4.54. The van der Waals surface area contributed by atoms with Crippen LogP contribution in [0.4, 0.5) is 11.4 Å². The molecule has 2 aliphatic rings. The molecule has 26 heavy (non-hydrogen) atoms. The standard InChI is InChI=1S/C20H29N3O3/c1-15-7-6-12-22(14-15)18-11-10-16(13-19(18)23(25)26)20(24)21-17-8-4-2-3-5-9-17/h10-11,13,15,17H,2-9,12,14H2,1H3,(H,21,24)/t15-/m0/s1. The van der Waals surface area contributed by atoms with E-state index in [0.29, 0.717) is 17.2 Å². The van der Waals surface area contributed by atoms with Crippen molar-refractivity contribution in [3.05, 3.63) is 33.9 Å². The molecule has 1 aromatic rings. The molecule has 3 rings (SSSR count). The van der Waals surface area contributed by atoms with Gasteiger partial charge in [0.05, 0.1) is 4.92 Å². The van der Waals surface area contributed by atoms with E-state index < -0.39 is 0 Å². The Morgan fingerprint density at radius 1 is 1.15 bits per heavy atom. The lowest BCUT2D eigenvalue weighted by Gasteiger charge is -2.32. The number of hydrogen-bond donors (Lipinski definition) is 1. The number of rotatable bonds is 4. The molecule has 1 amide bonds. The summed E-state index contributed by atoms with van der Waals surface area (Å²) in [6.07, 6.45) is 8.92. The first-order valence-electron chi connectivity index (χ1n) is 9.89. The maximum Gasteiger partial charge on any atom is 0.293 e. The van der Waals surface area contributed by atoms with E-state index >= 15 is 0 Å². The third-order valence-corrected chi connectivity index (χ3v) is 5.62. The van der Waals surface area contributed by atoms with E-state index in [-0.39, 0.29) is 22.6 Å². The molecule has 6 nitrogen and oxygen atoms in total. The van der Waals surface area contributed by atoms with Crippen LogP contribution in [0.15, 0.2) is 18.2 Å². The predicted molar refractivity (Wildman–Crippen MR) is 103 cm³/mol. The Bertz CT molecular complexity index is 654. The van der Waals surface area contributed by atoms with Crippen LogP contribution in [0.1, 0.15) is 68.6 Å². The number of hydrogen-bond acceptors (Lipinski definition) is 4. The summed E-state index contributed by atoms with van der Waals surface area (Å²) in [7, 11) is 0. The lowest BCUT2D eigenvalue weighted by molar-refractivity contribution is -0.384. The lowest BCUT2D eigenvalue weighted by atomic mass is 9.99. The molecule has 0 radical (unpaired) electrons. The molecule has 142 valence electrons. The number of piperidine rings is 1. The molecular weight excluding hydrogens is 330 g/mol. The zero-order valence-corrected chi connectivity index (χ0v) is 15.6. The largest absolute Gasteiger partial charge is 0.366 e. The number of carbonyl (C=O) groups is 1. The van der Waals surface area contributed by atoms with Gasteiger partial charge in [0.15, 0.2) is 0 Å². The molecule has 1 N–H and O–H groups in total. The summed E-state index contributed by atoms with van der Waals surface area (Å²) in [6.45, 7) is 3.83. The second-order valence-corrected chi connectivity index (χ2v) is 7.82. The minimum atomic E-state index is -0.364. The molecule has 0 aromatic heterocycles. The van der Waals surface area contributed by atoms with Crippen LogP contribution in [0.2, 0.25) is 0 Å². The quantitative estimate of drug-likeness (QED) is 0.494. The van der Waals surface area contributed by atoms with Crippen LogP contribution in [-0.4, -0.2) is 30.0 Å². The van der Waals surface area contributed by atoms with E-state index in [4.69, 9.17) is 0 Å². The molecule has 1 saturated carbocycles. The SMILES string of the molecule is C[C@H]1CCCN(c2ccc(C(=O)NC3CCCCCC3)cc2[N+](=O)[O-])C1. The van der Waals surface area contributed by atoms with Gasteiger partial charge in [-0.25, -0.2) is 0 Å². The Morgan fingerprint density at radius 2 is 1.88 bits per heavy atom. The number of nitro benzene ring substituents is 1. The second kappa shape index (κ2) is 8.52. The summed E-state index contributed by atoms with van der Waals surface area (Å²) < 4.78 is 0. The van der Waals surface area contributed by atoms with Crippen molar-refractivity contribution in [3.8, 4) is 0 Å². The van der Waals surface area contributed by atoms with Crippen LogP contribution in [0.25, 0.3) is 0 Å². The lowest BCUT2D eigenvalue weighted by Crippen LogP contribution is -2.35. The Labute approximate surface area is 155 Å². The fraction of sp³-hybridized carbons (Fsp3) is 0.650. The van der Waals surface area contributed by atoms with Crippen molar-refractivity contribution in [2.45, 2.75) is 64.3 Å². The highest BCUT2D eigenvalue weighted by Gasteiger charge is 2.25. The molecular formula is C20H29N3O3. The average Bonchev–Trinajstić information content (AvgIpc) is 2.89. The monoisotopic (exact) mass is 359 g/mol. The summed E-state index contributed by atoms with van der Waals surface area (Å²) in [5.41, 5.74) is 1.05. The molecule has 0 unspecified atom stereocenters. The van der Waals surface area contributed by atoms with Crippen LogP contribution in [0.3, 0.4) is 0 Å². The van der Waals surface area contributed by atoms with Crippen molar-refractivity contribution in [2.75, 3.05) is 18.0 Å². The molecule has 2 fully saturated rings. The van der Waals surface area contributed by atoms with E-state index in [9.17, 15) is 14.9 Å². The van der Waals surface area contributed by atoms with Gasteiger partial charge < -0.3 is 10.2 Å². The number of amides is 1. The maximum atomic E-state index is 12.6. The number of nitrogens with zero attached hydrogens (tertiary/aromatic N) is 2. The maximum absolute atomic E-state index is 12.6.